The average molecular weight is 206 g/mol. The maximum atomic E-state index is 10.3. The Hall–Kier alpha value is -1.61. The molecule has 0 aliphatic heterocycles. The van der Waals surface area contributed by atoms with E-state index in [2.05, 4.69) is 0 Å². The van der Waals surface area contributed by atoms with Crippen LogP contribution < -0.4 is 0 Å². The molecule has 1 aromatic carbocycles. The zero-order chi connectivity index (χ0) is 11.3. The van der Waals surface area contributed by atoms with Gasteiger partial charge in [0.2, 0.25) is 0 Å². The van der Waals surface area contributed by atoms with Crippen molar-refractivity contribution in [2.24, 2.45) is 0 Å². The number of aliphatic carboxylic acids is 1. The van der Waals surface area contributed by atoms with Gasteiger partial charge in [-0.25, -0.2) is 4.79 Å². The van der Waals surface area contributed by atoms with Crippen molar-refractivity contribution >= 4 is 5.97 Å². The Morgan fingerprint density at radius 3 is 2.53 bits per heavy atom. The summed E-state index contributed by atoms with van der Waals surface area (Å²) in [6, 6.07) is 9.17. The highest BCUT2D eigenvalue weighted by Crippen LogP contribution is 2.24. The molecular weight excluding hydrogens is 192 g/mol. The van der Waals surface area contributed by atoms with Crippen molar-refractivity contribution < 1.29 is 15.0 Å². The van der Waals surface area contributed by atoms with Crippen LogP contribution in [0.15, 0.2) is 42.5 Å². The molecule has 0 saturated heterocycles. The van der Waals surface area contributed by atoms with Crippen LogP contribution in [0.1, 0.15) is 18.9 Å². The summed E-state index contributed by atoms with van der Waals surface area (Å²) in [6.45, 7) is 1.66. The predicted octanol–water partition coefficient (Wildman–Crippen LogP) is 1.93. The highest BCUT2D eigenvalue weighted by molar-refractivity contribution is 5.79. The first kappa shape index (κ1) is 11.5. The van der Waals surface area contributed by atoms with Gasteiger partial charge >= 0.3 is 5.97 Å². The van der Waals surface area contributed by atoms with Gasteiger partial charge in [-0.2, -0.15) is 0 Å². The number of rotatable bonds is 4. The van der Waals surface area contributed by atoms with Crippen molar-refractivity contribution in [2.75, 3.05) is 0 Å². The number of carboxylic acid groups (broad SMARTS) is 1. The molecule has 1 rings (SSSR count). The Labute approximate surface area is 88.7 Å². The fourth-order valence-corrected chi connectivity index (χ4v) is 1.30. The van der Waals surface area contributed by atoms with E-state index in [0.717, 1.165) is 11.6 Å². The first-order chi connectivity index (χ1) is 7.02. The van der Waals surface area contributed by atoms with Gasteiger partial charge in [0.05, 0.1) is 5.60 Å². The number of carboxylic acids is 1. The molecule has 0 saturated carbocycles. The second-order valence-electron chi connectivity index (χ2n) is 3.58. The van der Waals surface area contributed by atoms with E-state index in [0.29, 0.717) is 0 Å². The number of hydrogen-bond donors (Lipinski definition) is 2. The summed E-state index contributed by atoms with van der Waals surface area (Å²) in [7, 11) is 0. The van der Waals surface area contributed by atoms with Crippen LogP contribution >= 0.6 is 0 Å². The molecule has 0 aromatic heterocycles. The summed E-state index contributed by atoms with van der Waals surface area (Å²) in [4.78, 5) is 10.3. The Morgan fingerprint density at radius 2 is 2.00 bits per heavy atom. The second-order valence-corrected chi connectivity index (χ2v) is 3.58. The monoisotopic (exact) mass is 206 g/mol. The van der Waals surface area contributed by atoms with Crippen LogP contribution in [-0.4, -0.2) is 16.2 Å². The van der Waals surface area contributed by atoms with Crippen molar-refractivity contribution in [3.63, 3.8) is 0 Å². The standard InChI is InChI=1S/C12H14O3/c1-12(15,9-5-8-11(13)14)10-6-3-2-4-7-10/h2-8,15H,9H2,1H3,(H,13,14). The van der Waals surface area contributed by atoms with E-state index in [1.807, 2.05) is 30.3 Å². The molecule has 0 fully saturated rings. The van der Waals surface area contributed by atoms with Gasteiger partial charge in [-0.05, 0) is 18.9 Å². The van der Waals surface area contributed by atoms with Crippen LogP contribution in [0.3, 0.4) is 0 Å². The molecule has 1 unspecified atom stereocenters. The van der Waals surface area contributed by atoms with E-state index in [-0.39, 0.29) is 6.42 Å². The number of hydrogen-bond acceptors (Lipinski definition) is 2. The molecule has 15 heavy (non-hydrogen) atoms. The minimum Gasteiger partial charge on any atom is -0.478 e. The Balaban J connectivity index is 2.71. The highest BCUT2D eigenvalue weighted by atomic mass is 16.4. The third-order valence-electron chi connectivity index (χ3n) is 2.17. The van der Waals surface area contributed by atoms with Crippen LogP contribution in [0.2, 0.25) is 0 Å². The molecule has 0 amide bonds. The molecule has 0 aliphatic rings. The Morgan fingerprint density at radius 1 is 1.40 bits per heavy atom. The summed E-state index contributed by atoms with van der Waals surface area (Å²) < 4.78 is 0. The van der Waals surface area contributed by atoms with E-state index in [1.165, 1.54) is 6.08 Å². The lowest BCUT2D eigenvalue weighted by molar-refractivity contribution is -0.131. The zero-order valence-electron chi connectivity index (χ0n) is 8.55. The first-order valence-electron chi connectivity index (χ1n) is 4.70. The summed E-state index contributed by atoms with van der Waals surface area (Å²) in [5, 5.41) is 18.5. The summed E-state index contributed by atoms with van der Waals surface area (Å²) in [6.07, 6.45) is 2.77. The van der Waals surface area contributed by atoms with Gasteiger partial charge in [-0.1, -0.05) is 36.4 Å². The molecule has 0 aliphatic carbocycles. The van der Waals surface area contributed by atoms with Gasteiger partial charge in [0.25, 0.3) is 0 Å². The quantitative estimate of drug-likeness (QED) is 0.740. The summed E-state index contributed by atoms with van der Waals surface area (Å²) in [5.41, 5.74) is -0.243. The van der Waals surface area contributed by atoms with Crippen molar-refractivity contribution in [3.8, 4) is 0 Å². The largest absolute Gasteiger partial charge is 0.478 e. The normalized spacial score (nSPS) is 15.1. The van der Waals surface area contributed by atoms with Crippen molar-refractivity contribution in [3.05, 3.63) is 48.0 Å². The molecule has 80 valence electrons. The molecule has 1 atom stereocenters. The molecule has 3 nitrogen and oxygen atoms in total. The minimum absolute atomic E-state index is 0.281. The number of aliphatic hydroxyl groups is 1. The second kappa shape index (κ2) is 4.75. The van der Waals surface area contributed by atoms with Gasteiger partial charge in [0.15, 0.2) is 0 Å². The van der Waals surface area contributed by atoms with Crippen LogP contribution in [0.25, 0.3) is 0 Å². The zero-order valence-corrected chi connectivity index (χ0v) is 8.55. The SMILES string of the molecule is CC(O)(CC=CC(=O)O)c1ccccc1. The molecule has 0 radical (unpaired) electrons. The molecule has 0 spiro atoms. The van der Waals surface area contributed by atoms with Crippen LogP contribution in [-0.2, 0) is 10.4 Å². The topological polar surface area (TPSA) is 57.5 Å². The van der Waals surface area contributed by atoms with Gasteiger partial charge in [-0.3, -0.25) is 0 Å². The molecule has 3 heteroatoms. The predicted molar refractivity (Wildman–Crippen MR) is 57.4 cm³/mol. The molecule has 0 bridgehead atoms. The fourth-order valence-electron chi connectivity index (χ4n) is 1.30. The van der Waals surface area contributed by atoms with Gasteiger partial charge in [0, 0.05) is 6.08 Å². The summed E-state index contributed by atoms with van der Waals surface area (Å²) in [5.74, 6) is -1.00. The molecule has 2 N–H and O–H groups in total. The van der Waals surface area contributed by atoms with Crippen LogP contribution in [0, 0.1) is 0 Å². The maximum Gasteiger partial charge on any atom is 0.327 e. The van der Waals surface area contributed by atoms with E-state index < -0.39 is 11.6 Å². The van der Waals surface area contributed by atoms with E-state index in [1.54, 1.807) is 6.92 Å². The van der Waals surface area contributed by atoms with E-state index >= 15 is 0 Å². The first-order valence-corrected chi connectivity index (χ1v) is 4.70. The van der Waals surface area contributed by atoms with Crippen molar-refractivity contribution in [1.82, 2.24) is 0 Å². The molecular formula is C12H14O3. The van der Waals surface area contributed by atoms with E-state index in [9.17, 15) is 9.90 Å². The highest BCUT2D eigenvalue weighted by Gasteiger charge is 2.20. The van der Waals surface area contributed by atoms with Crippen molar-refractivity contribution in [2.45, 2.75) is 18.9 Å². The minimum atomic E-state index is -1.02. The molecule has 0 heterocycles. The van der Waals surface area contributed by atoms with E-state index in [4.69, 9.17) is 5.11 Å². The van der Waals surface area contributed by atoms with Gasteiger partial charge in [0.1, 0.15) is 0 Å². The Bertz CT molecular complexity index is 352. The third-order valence-corrected chi connectivity index (χ3v) is 2.17. The smallest absolute Gasteiger partial charge is 0.327 e. The Kier molecular flexibility index (Phi) is 3.63. The lowest BCUT2D eigenvalue weighted by Gasteiger charge is -2.21. The number of benzene rings is 1. The third kappa shape index (κ3) is 3.56. The van der Waals surface area contributed by atoms with Gasteiger partial charge < -0.3 is 10.2 Å². The summed E-state index contributed by atoms with van der Waals surface area (Å²) >= 11 is 0. The van der Waals surface area contributed by atoms with Crippen LogP contribution in [0.4, 0.5) is 0 Å². The lowest BCUT2D eigenvalue weighted by Crippen LogP contribution is -2.19. The van der Waals surface area contributed by atoms with Crippen LogP contribution in [0.5, 0.6) is 0 Å². The molecule has 1 aromatic rings. The van der Waals surface area contributed by atoms with Gasteiger partial charge in [-0.15, -0.1) is 0 Å². The fraction of sp³-hybridized carbons (Fsp3) is 0.250. The lowest BCUT2D eigenvalue weighted by atomic mass is 9.92. The maximum absolute atomic E-state index is 10.3. The average Bonchev–Trinajstić information content (AvgIpc) is 2.18. The van der Waals surface area contributed by atoms with Crippen molar-refractivity contribution in [1.29, 1.82) is 0 Å². The number of carbonyl (C=O) groups is 1.